The summed E-state index contributed by atoms with van der Waals surface area (Å²) in [5.41, 5.74) is -1.17. The molecule has 1 unspecified atom stereocenters. The number of halogens is 5. The van der Waals surface area contributed by atoms with E-state index in [9.17, 15) is 4.79 Å². The van der Waals surface area contributed by atoms with Gasteiger partial charge in [0.1, 0.15) is 0 Å². The molecule has 0 rings (SSSR count). The number of hydrogen-bond acceptors (Lipinski definition) is 1. The predicted molar refractivity (Wildman–Crippen MR) is 43.7 cm³/mol. The van der Waals surface area contributed by atoms with Crippen LogP contribution in [0.3, 0.4) is 0 Å². The quantitative estimate of drug-likeness (QED) is 0.317. The van der Waals surface area contributed by atoms with Crippen LogP contribution in [0.5, 0.6) is 0 Å². The van der Waals surface area contributed by atoms with E-state index in [1.165, 1.54) is 0 Å². The van der Waals surface area contributed by atoms with E-state index in [2.05, 4.69) is 0 Å². The minimum atomic E-state index is -1.77. The number of amides is 1. The number of nitrogens with zero attached hydrogens (tertiary/aromatic N) is 1. The van der Waals surface area contributed by atoms with Crippen molar-refractivity contribution in [1.82, 2.24) is 4.42 Å². The maximum absolute atomic E-state index is 9.93. The minimum Gasteiger partial charge on any atom is -0.277 e. The van der Waals surface area contributed by atoms with E-state index in [4.69, 9.17) is 58.2 Å². The summed E-state index contributed by atoms with van der Waals surface area (Å²) in [7, 11) is 0. The van der Waals surface area contributed by atoms with Gasteiger partial charge in [-0.15, -0.1) is 0 Å². The molecule has 0 aliphatic heterocycles. The molecule has 0 N–H and O–H groups in total. The van der Waals surface area contributed by atoms with Crippen molar-refractivity contribution in [3.05, 3.63) is 0 Å². The van der Waals surface area contributed by atoms with Gasteiger partial charge < -0.3 is 0 Å². The zero-order valence-electron chi connectivity index (χ0n) is 4.40. The first-order valence-corrected chi connectivity index (χ1v) is 3.90. The molecule has 0 bridgehead atoms. The SMILES string of the molecule is O=CN(Cl)C(Cl)C(Cl)(Cl)Cl. The van der Waals surface area contributed by atoms with E-state index in [1.807, 2.05) is 0 Å². The van der Waals surface area contributed by atoms with E-state index < -0.39 is 9.29 Å². The monoisotopic (exact) mass is 243 g/mol. The summed E-state index contributed by atoms with van der Waals surface area (Å²) in [6.45, 7) is 0. The highest BCUT2D eigenvalue weighted by atomic mass is 35.6. The second-order valence-corrected chi connectivity index (χ2v) is 4.50. The van der Waals surface area contributed by atoms with Crippen LogP contribution in [0.1, 0.15) is 0 Å². The van der Waals surface area contributed by atoms with Gasteiger partial charge in [-0.25, -0.2) is 4.42 Å². The van der Waals surface area contributed by atoms with Gasteiger partial charge in [-0.3, -0.25) is 4.79 Å². The van der Waals surface area contributed by atoms with Gasteiger partial charge in [0.05, 0.1) is 0 Å². The van der Waals surface area contributed by atoms with Crippen LogP contribution in [0, 0.1) is 0 Å². The number of hydrogen-bond donors (Lipinski definition) is 0. The zero-order chi connectivity index (χ0) is 8.36. The van der Waals surface area contributed by atoms with Crippen molar-refractivity contribution in [2.75, 3.05) is 0 Å². The molecular weight excluding hydrogens is 243 g/mol. The van der Waals surface area contributed by atoms with Crippen LogP contribution < -0.4 is 0 Å². The molecule has 2 nitrogen and oxygen atoms in total. The van der Waals surface area contributed by atoms with Crippen LogP contribution in [0.25, 0.3) is 0 Å². The fourth-order valence-corrected chi connectivity index (χ4v) is 0.851. The summed E-state index contributed by atoms with van der Waals surface area (Å²) < 4.78 is -1.24. The average molecular weight is 245 g/mol. The van der Waals surface area contributed by atoms with E-state index in [0.29, 0.717) is 4.42 Å². The molecule has 0 aliphatic rings. The van der Waals surface area contributed by atoms with Crippen molar-refractivity contribution in [2.24, 2.45) is 0 Å². The van der Waals surface area contributed by atoms with Crippen molar-refractivity contribution in [3.63, 3.8) is 0 Å². The standard InChI is InChI=1S/C3H2Cl5NO/c4-2(3(5,6)7)9(8)1-10/h1-2H. The molecule has 0 radical (unpaired) electrons. The molecule has 0 saturated heterocycles. The highest BCUT2D eigenvalue weighted by Crippen LogP contribution is 2.35. The smallest absolute Gasteiger partial charge is 0.225 e. The Hall–Kier alpha value is 0.920. The van der Waals surface area contributed by atoms with Crippen LogP contribution in [0.2, 0.25) is 0 Å². The average Bonchev–Trinajstić information content (AvgIpc) is 1.83. The summed E-state index contributed by atoms with van der Waals surface area (Å²) in [5.74, 6) is 0. The fraction of sp³-hybridized carbons (Fsp3) is 0.667. The summed E-state index contributed by atoms with van der Waals surface area (Å²) in [6.07, 6.45) is 0.251. The van der Waals surface area contributed by atoms with Gasteiger partial charge in [-0.05, 0) is 0 Å². The maximum Gasteiger partial charge on any atom is 0.225 e. The van der Waals surface area contributed by atoms with Gasteiger partial charge in [-0.2, -0.15) is 0 Å². The van der Waals surface area contributed by atoms with Crippen LogP contribution in [-0.2, 0) is 4.79 Å². The molecule has 1 atom stereocenters. The Bertz CT molecular complexity index is 123. The lowest BCUT2D eigenvalue weighted by Crippen LogP contribution is -2.32. The molecule has 0 saturated carbocycles. The van der Waals surface area contributed by atoms with Crippen molar-refractivity contribution >= 4 is 64.6 Å². The Morgan fingerprint density at radius 1 is 1.40 bits per heavy atom. The second kappa shape index (κ2) is 4.07. The Morgan fingerprint density at radius 2 is 1.80 bits per heavy atom. The minimum absolute atomic E-state index is 0.251. The first-order chi connectivity index (χ1) is 4.39. The third kappa shape index (κ3) is 3.35. The molecule has 10 heavy (non-hydrogen) atoms. The van der Waals surface area contributed by atoms with Crippen molar-refractivity contribution in [3.8, 4) is 0 Å². The lowest BCUT2D eigenvalue weighted by Gasteiger charge is -2.21. The van der Waals surface area contributed by atoms with Crippen molar-refractivity contribution in [1.29, 1.82) is 0 Å². The normalized spacial score (nSPS) is 14.5. The molecule has 60 valence electrons. The first kappa shape index (κ1) is 10.9. The Labute approximate surface area is 83.0 Å². The Balaban J connectivity index is 4.07. The van der Waals surface area contributed by atoms with E-state index in [1.54, 1.807) is 0 Å². The summed E-state index contributed by atoms with van der Waals surface area (Å²) >= 11 is 26.4. The van der Waals surface area contributed by atoms with Crippen LogP contribution in [-0.4, -0.2) is 20.1 Å². The molecule has 7 heteroatoms. The van der Waals surface area contributed by atoms with Gasteiger partial charge in [0, 0.05) is 11.8 Å². The third-order valence-electron chi connectivity index (χ3n) is 0.587. The second-order valence-electron chi connectivity index (χ2n) is 1.33. The molecule has 0 aromatic carbocycles. The van der Waals surface area contributed by atoms with Gasteiger partial charge in [-0.1, -0.05) is 46.4 Å². The van der Waals surface area contributed by atoms with Gasteiger partial charge >= 0.3 is 0 Å². The van der Waals surface area contributed by atoms with E-state index in [0.717, 1.165) is 0 Å². The van der Waals surface area contributed by atoms with Crippen LogP contribution in [0.4, 0.5) is 0 Å². The van der Waals surface area contributed by atoms with Crippen molar-refractivity contribution < 1.29 is 4.79 Å². The summed E-state index contributed by atoms with van der Waals surface area (Å²) in [5, 5.41) is 0. The maximum atomic E-state index is 9.93. The molecule has 0 aliphatic carbocycles. The fourth-order valence-electron chi connectivity index (χ4n) is 0.193. The summed E-state index contributed by atoms with van der Waals surface area (Å²) in [4.78, 5) is 9.93. The number of alkyl halides is 4. The van der Waals surface area contributed by atoms with E-state index in [-0.39, 0.29) is 6.41 Å². The van der Waals surface area contributed by atoms with Gasteiger partial charge in [0.2, 0.25) is 10.2 Å². The Morgan fingerprint density at radius 3 is 1.90 bits per heavy atom. The predicted octanol–water partition coefficient (Wildman–Crippen LogP) is 2.53. The van der Waals surface area contributed by atoms with Crippen LogP contribution >= 0.6 is 58.2 Å². The first-order valence-electron chi connectivity index (χ1n) is 1.99. The molecular formula is C3H2Cl5NO. The highest BCUT2D eigenvalue weighted by Gasteiger charge is 2.34. The molecule has 0 fully saturated rings. The summed E-state index contributed by atoms with van der Waals surface area (Å²) in [6, 6.07) is 0. The molecule has 0 heterocycles. The highest BCUT2D eigenvalue weighted by molar-refractivity contribution is 6.70. The number of rotatable bonds is 2. The molecule has 0 spiro atoms. The van der Waals surface area contributed by atoms with Gasteiger partial charge in [0.15, 0.2) is 5.50 Å². The number of carbonyl (C=O) groups is 1. The molecule has 1 amide bonds. The van der Waals surface area contributed by atoms with Gasteiger partial charge in [0.25, 0.3) is 0 Å². The number of carbonyl (C=O) groups excluding carboxylic acids is 1. The van der Waals surface area contributed by atoms with Crippen LogP contribution in [0.15, 0.2) is 0 Å². The third-order valence-corrected chi connectivity index (χ3v) is 2.45. The Kier molecular flexibility index (Phi) is 4.45. The topological polar surface area (TPSA) is 20.3 Å². The largest absolute Gasteiger partial charge is 0.277 e. The lowest BCUT2D eigenvalue weighted by atomic mass is 10.7. The molecule has 0 aromatic rings. The lowest BCUT2D eigenvalue weighted by molar-refractivity contribution is -0.114. The zero-order valence-corrected chi connectivity index (χ0v) is 8.18. The van der Waals surface area contributed by atoms with Crippen molar-refractivity contribution in [2.45, 2.75) is 9.29 Å². The van der Waals surface area contributed by atoms with E-state index >= 15 is 0 Å². The molecule has 0 aromatic heterocycles.